The number of nitrogens with one attached hydrogen (secondary N) is 2. The number of aliphatic hydroxyl groups excluding tert-OH is 3. The Morgan fingerprint density at radius 2 is 1.86 bits per heavy atom. The van der Waals surface area contributed by atoms with Gasteiger partial charge in [0.1, 0.15) is 12.2 Å². The molecule has 1 saturated heterocycles. The van der Waals surface area contributed by atoms with Crippen molar-refractivity contribution in [2.75, 3.05) is 13.7 Å². The van der Waals surface area contributed by atoms with E-state index in [1.807, 2.05) is 42.5 Å². The molecular weight excluding hydrogens is 460 g/mol. The lowest BCUT2D eigenvalue weighted by molar-refractivity contribution is -0.303. The first kappa shape index (κ1) is 26.5. The van der Waals surface area contributed by atoms with Crippen LogP contribution in [0, 0.1) is 0 Å². The van der Waals surface area contributed by atoms with Crippen molar-refractivity contribution in [3.8, 4) is 0 Å². The summed E-state index contributed by atoms with van der Waals surface area (Å²) in [6.07, 6.45) is -6.90. The van der Waals surface area contributed by atoms with Gasteiger partial charge in [0.05, 0.1) is 24.7 Å². The number of carbonyl (C=O) groups is 3. The molecule has 35 heavy (non-hydrogen) atoms. The van der Waals surface area contributed by atoms with Crippen LogP contribution in [0.2, 0.25) is 0 Å². The fourth-order valence-electron chi connectivity index (χ4n) is 4.25. The number of hydrogen-bond donors (Lipinski definition) is 6. The van der Waals surface area contributed by atoms with Crippen LogP contribution in [-0.2, 0) is 30.3 Å². The Bertz CT molecular complexity index is 1070. The SMILES string of the molecule is COC1(C(=O)O)C[C@H](O)[C@@H](NC(C)=O)[C@H]([C@H](O)[C@H](O)CNC(=O)Cc2cccc3ccccc23)O1. The fourth-order valence-corrected chi connectivity index (χ4v) is 4.25. The maximum atomic E-state index is 12.5. The van der Waals surface area contributed by atoms with Gasteiger partial charge in [0.2, 0.25) is 11.8 Å². The van der Waals surface area contributed by atoms with Crippen LogP contribution in [-0.4, -0.2) is 88.1 Å². The third-order valence-corrected chi connectivity index (χ3v) is 6.07. The van der Waals surface area contributed by atoms with Crippen molar-refractivity contribution in [1.29, 1.82) is 0 Å². The van der Waals surface area contributed by atoms with Gasteiger partial charge in [-0.3, -0.25) is 9.59 Å². The van der Waals surface area contributed by atoms with Crippen LogP contribution in [0.4, 0.5) is 0 Å². The van der Waals surface area contributed by atoms with Gasteiger partial charge < -0.3 is 40.5 Å². The van der Waals surface area contributed by atoms with Gasteiger partial charge >= 0.3 is 5.97 Å². The van der Waals surface area contributed by atoms with E-state index in [0.717, 1.165) is 23.4 Å². The lowest BCUT2D eigenvalue weighted by atomic mass is 9.88. The zero-order chi connectivity index (χ0) is 25.8. The average molecular weight is 491 g/mol. The van der Waals surface area contributed by atoms with Crippen LogP contribution in [0.5, 0.6) is 0 Å². The number of carboxylic acid groups (broad SMARTS) is 1. The molecule has 0 bridgehead atoms. The summed E-state index contributed by atoms with van der Waals surface area (Å²) in [7, 11) is 1.06. The molecule has 2 aromatic rings. The number of benzene rings is 2. The molecule has 11 nitrogen and oxygen atoms in total. The standard InChI is InChI=1S/C24H30N2O9/c1-13(27)26-20-17(28)11-24(34-2,23(32)33)35-22(20)21(31)18(29)12-25-19(30)10-15-8-5-7-14-6-3-4-9-16(14)15/h3-9,17-18,20-22,28-29,31H,10-12H2,1-2H3,(H,25,30)(H,26,27)(H,32,33)/t17-,18+,20+,21+,22+,24?/m0/s1. The van der Waals surface area contributed by atoms with Gasteiger partial charge in [0.25, 0.3) is 5.79 Å². The molecule has 1 aliphatic rings. The van der Waals surface area contributed by atoms with E-state index in [1.54, 1.807) is 0 Å². The predicted octanol–water partition coefficient (Wildman–Crippen LogP) is -0.698. The largest absolute Gasteiger partial charge is 0.477 e. The van der Waals surface area contributed by atoms with Crippen molar-refractivity contribution in [2.45, 2.75) is 56.0 Å². The van der Waals surface area contributed by atoms with Gasteiger partial charge in [-0.25, -0.2) is 4.79 Å². The third kappa shape index (κ3) is 5.95. The summed E-state index contributed by atoms with van der Waals surface area (Å²) in [6.45, 7) is 0.788. The minimum absolute atomic E-state index is 0.0309. The lowest BCUT2D eigenvalue weighted by Crippen LogP contribution is -2.68. The summed E-state index contributed by atoms with van der Waals surface area (Å²) in [5, 5.41) is 48.2. The molecule has 1 aliphatic heterocycles. The molecule has 6 atom stereocenters. The zero-order valence-electron chi connectivity index (χ0n) is 19.4. The molecule has 1 heterocycles. The quantitative estimate of drug-likeness (QED) is 0.266. The Morgan fingerprint density at radius 3 is 2.51 bits per heavy atom. The molecule has 2 amide bonds. The number of aliphatic hydroxyl groups is 3. The molecule has 0 spiro atoms. The molecular formula is C24H30N2O9. The highest BCUT2D eigenvalue weighted by molar-refractivity contribution is 5.90. The first-order chi connectivity index (χ1) is 16.6. The maximum Gasteiger partial charge on any atom is 0.364 e. The highest BCUT2D eigenvalue weighted by atomic mass is 16.7. The lowest BCUT2D eigenvalue weighted by Gasteiger charge is -2.46. The highest BCUT2D eigenvalue weighted by Crippen LogP contribution is 2.33. The van der Waals surface area contributed by atoms with Gasteiger partial charge in [-0.1, -0.05) is 42.5 Å². The molecule has 3 rings (SSSR count). The van der Waals surface area contributed by atoms with Crippen LogP contribution in [0.1, 0.15) is 18.9 Å². The van der Waals surface area contributed by atoms with Crippen molar-refractivity contribution in [1.82, 2.24) is 10.6 Å². The highest BCUT2D eigenvalue weighted by Gasteiger charge is 2.55. The smallest absolute Gasteiger partial charge is 0.364 e. The summed E-state index contributed by atoms with van der Waals surface area (Å²) in [5.74, 6) is -4.81. The predicted molar refractivity (Wildman–Crippen MR) is 123 cm³/mol. The Balaban J connectivity index is 1.69. The molecule has 190 valence electrons. The van der Waals surface area contributed by atoms with Gasteiger partial charge in [-0.05, 0) is 16.3 Å². The number of aliphatic carboxylic acids is 1. The normalized spacial score (nSPS) is 26.0. The minimum Gasteiger partial charge on any atom is -0.477 e. The maximum absolute atomic E-state index is 12.5. The summed E-state index contributed by atoms with van der Waals surface area (Å²) in [4.78, 5) is 35.9. The van der Waals surface area contributed by atoms with E-state index in [-0.39, 0.29) is 13.0 Å². The fraction of sp³-hybridized carbons (Fsp3) is 0.458. The number of methoxy groups -OCH3 is 1. The second kappa shape index (κ2) is 11.1. The van der Waals surface area contributed by atoms with Crippen LogP contribution in [0.15, 0.2) is 42.5 Å². The van der Waals surface area contributed by atoms with E-state index >= 15 is 0 Å². The van der Waals surface area contributed by atoms with E-state index in [1.165, 1.54) is 6.92 Å². The third-order valence-electron chi connectivity index (χ3n) is 6.07. The van der Waals surface area contributed by atoms with Crippen molar-refractivity contribution < 1.29 is 44.3 Å². The number of amides is 2. The van der Waals surface area contributed by atoms with Crippen LogP contribution in [0.3, 0.4) is 0 Å². The van der Waals surface area contributed by atoms with Crippen LogP contribution < -0.4 is 10.6 Å². The summed E-state index contributed by atoms with van der Waals surface area (Å²) in [5.41, 5.74) is 0.784. The van der Waals surface area contributed by atoms with Crippen molar-refractivity contribution in [2.24, 2.45) is 0 Å². The Kier molecular flexibility index (Phi) is 8.41. The molecule has 0 radical (unpaired) electrons. The average Bonchev–Trinajstić information content (AvgIpc) is 2.83. The molecule has 2 aromatic carbocycles. The second-order valence-corrected chi connectivity index (χ2v) is 8.52. The molecule has 1 fully saturated rings. The van der Waals surface area contributed by atoms with Gasteiger partial charge in [0, 0.05) is 27.0 Å². The van der Waals surface area contributed by atoms with Crippen molar-refractivity contribution in [3.05, 3.63) is 48.0 Å². The molecule has 0 saturated carbocycles. The summed E-state index contributed by atoms with van der Waals surface area (Å²) >= 11 is 0. The number of hydrogen-bond acceptors (Lipinski definition) is 8. The number of rotatable bonds is 9. The summed E-state index contributed by atoms with van der Waals surface area (Å²) < 4.78 is 10.4. The zero-order valence-corrected chi connectivity index (χ0v) is 19.4. The van der Waals surface area contributed by atoms with E-state index in [4.69, 9.17) is 9.47 Å². The van der Waals surface area contributed by atoms with Crippen molar-refractivity contribution in [3.63, 3.8) is 0 Å². The number of ether oxygens (including phenoxy) is 2. The van der Waals surface area contributed by atoms with E-state index in [0.29, 0.717) is 0 Å². The Morgan fingerprint density at radius 1 is 1.17 bits per heavy atom. The van der Waals surface area contributed by atoms with Gasteiger partial charge in [-0.2, -0.15) is 0 Å². The topological polar surface area (TPSA) is 175 Å². The minimum atomic E-state index is -2.29. The van der Waals surface area contributed by atoms with Crippen molar-refractivity contribution >= 4 is 28.6 Å². The Hall–Kier alpha value is -3.09. The first-order valence-electron chi connectivity index (χ1n) is 11.1. The van der Waals surface area contributed by atoms with E-state index < -0.39 is 60.4 Å². The Labute approximate surface area is 201 Å². The molecule has 0 aliphatic carbocycles. The van der Waals surface area contributed by atoms with Gasteiger partial charge in [-0.15, -0.1) is 0 Å². The van der Waals surface area contributed by atoms with E-state index in [9.17, 15) is 34.8 Å². The summed E-state index contributed by atoms with van der Waals surface area (Å²) in [6, 6.07) is 11.9. The molecule has 0 aromatic heterocycles. The van der Waals surface area contributed by atoms with E-state index in [2.05, 4.69) is 10.6 Å². The number of fused-ring (bicyclic) bond motifs is 1. The van der Waals surface area contributed by atoms with Gasteiger partial charge in [0.15, 0.2) is 0 Å². The van der Waals surface area contributed by atoms with Crippen LogP contribution >= 0.6 is 0 Å². The molecule has 11 heteroatoms. The van der Waals surface area contributed by atoms with Crippen LogP contribution in [0.25, 0.3) is 10.8 Å². The monoisotopic (exact) mass is 490 g/mol. The number of carbonyl (C=O) groups excluding carboxylic acids is 2. The second-order valence-electron chi connectivity index (χ2n) is 8.52. The number of carboxylic acids is 1. The molecule has 6 N–H and O–H groups in total. The first-order valence-corrected chi connectivity index (χ1v) is 11.1. The molecule has 1 unspecified atom stereocenters.